The molecule has 0 saturated heterocycles. The average Bonchev–Trinajstić information content (AvgIpc) is 2.45. The van der Waals surface area contributed by atoms with E-state index in [4.69, 9.17) is 4.74 Å². The third-order valence-electron chi connectivity index (χ3n) is 2.95. The smallest absolute Gasteiger partial charge is 0.413 e. The SMILES string of the molecule is Cc1cc(=O)c(C(=O)Nc2ccnc(NC(=O)OC(C)(C)C)c2)c[nH]1. The highest BCUT2D eigenvalue weighted by Gasteiger charge is 2.17. The van der Waals surface area contributed by atoms with Crippen LogP contribution >= 0.6 is 0 Å². The van der Waals surface area contributed by atoms with Gasteiger partial charge in [0.15, 0.2) is 5.43 Å². The number of aromatic nitrogens is 2. The number of pyridine rings is 2. The van der Waals surface area contributed by atoms with Crippen molar-refractivity contribution < 1.29 is 14.3 Å². The second-order valence-electron chi connectivity index (χ2n) is 6.40. The van der Waals surface area contributed by atoms with Gasteiger partial charge in [0.2, 0.25) is 0 Å². The summed E-state index contributed by atoms with van der Waals surface area (Å²) in [6.07, 6.45) is 2.12. The lowest BCUT2D eigenvalue weighted by Gasteiger charge is -2.19. The Kier molecular flexibility index (Phi) is 5.21. The van der Waals surface area contributed by atoms with Crippen molar-refractivity contribution in [1.82, 2.24) is 9.97 Å². The van der Waals surface area contributed by atoms with Crippen molar-refractivity contribution in [2.75, 3.05) is 10.6 Å². The summed E-state index contributed by atoms with van der Waals surface area (Å²) < 4.78 is 5.14. The fourth-order valence-electron chi connectivity index (χ4n) is 1.93. The Hall–Kier alpha value is -3.16. The summed E-state index contributed by atoms with van der Waals surface area (Å²) in [6, 6.07) is 4.35. The van der Waals surface area contributed by atoms with Crippen LogP contribution in [0.1, 0.15) is 36.8 Å². The summed E-state index contributed by atoms with van der Waals surface area (Å²) in [5.41, 5.74) is 0.0156. The molecule has 25 heavy (non-hydrogen) atoms. The zero-order chi connectivity index (χ0) is 18.6. The first-order valence-electron chi connectivity index (χ1n) is 7.61. The molecule has 0 atom stereocenters. The van der Waals surface area contributed by atoms with E-state index in [0.29, 0.717) is 11.4 Å². The second kappa shape index (κ2) is 7.16. The van der Waals surface area contributed by atoms with Gasteiger partial charge in [-0.3, -0.25) is 14.9 Å². The van der Waals surface area contributed by atoms with Crippen molar-refractivity contribution >= 4 is 23.5 Å². The molecule has 8 heteroatoms. The van der Waals surface area contributed by atoms with Crippen LogP contribution in [0.25, 0.3) is 0 Å². The number of rotatable bonds is 3. The van der Waals surface area contributed by atoms with Gasteiger partial charge in [-0.1, -0.05) is 0 Å². The Labute approximate surface area is 144 Å². The molecule has 0 saturated carbocycles. The molecular weight excluding hydrogens is 324 g/mol. The highest BCUT2D eigenvalue weighted by Crippen LogP contribution is 2.14. The normalized spacial score (nSPS) is 10.9. The molecule has 0 aliphatic carbocycles. The number of anilines is 2. The minimum atomic E-state index is -0.654. The predicted molar refractivity (Wildman–Crippen MR) is 93.8 cm³/mol. The van der Waals surface area contributed by atoms with Crippen LogP contribution in [0.3, 0.4) is 0 Å². The fourth-order valence-corrected chi connectivity index (χ4v) is 1.93. The maximum Gasteiger partial charge on any atom is 0.413 e. The van der Waals surface area contributed by atoms with Crippen molar-refractivity contribution in [3.8, 4) is 0 Å². The third-order valence-corrected chi connectivity index (χ3v) is 2.95. The van der Waals surface area contributed by atoms with Crippen LogP contribution in [0.15, 0.2) is 35.4 Å². The summed E-state index contributed by atoms with van der Waals surface area (Å²) in [7, 11) is 0. The van der Waals surface area contributed by atoms with E-state index >= 15 is 0 Å². The number of H-pyrrole nitrogens is 1. The van der Waals surface area contributed by atoms with Crippen LogP contribution in [0.2, 0.25) is 0 Å². The number of carbonyl (C=O) groups is 2. The summed E-state index contributed by atoms with van der Waals surface area (Å²) >= 11 is 0. The van der Waals surface area contributed by atoms with Gasteiger partial charge in [0.05, 0.1) is 0 Å². The Morgan fingerprint density at radius 2 is 1.92 bits per heavy atom. The van der Waals surface area contributed by atoms with E-state index in [0.717, 1.165) is 0 Å². The molecule has 0 aliphatic rings. The number of nitrogens with one attached hydrogen (secondary N) is 3. The summed E-state index contributed by atoms with van der Waals surface area (Å²) in [5, 5.41) is 5.07. The van der Waals surface area contributed by atoms with Gasteiger partial charge in [-0.25, -0.2) is 9.78 Å². The Morgan fingerprint density at radius 1 is 1.20 bits per heavy atom. The van der Waals surface area contributed by atoms with Crippen LogP contribution < -0.4 is 16.1 Å². The molecule has 0 unspecified atom stereocenters. The van der Waals surface area contributed by atoms with E-state index in [-0.39, 0.29) is 16.8 Å². The average molecular weight is 344 g/mol. The van der Waals surface area contributed by atoms with Crippen molar-refractivity contribution in [3.05, 3.63) is 52.1 Å². The predicted octanol–water partition coefficient (Wildman–Crippen LogP) is 2.68. The summed E-state index contributed by atoms with van der Waals surface area (Å²) in [4.78, 5) is 42.6. The number of carbonyl (C=O) groups excluding carboxylic acids is 2. The first-order valence-corrected chi connectivity index (χ1v) is 7.61. The molecule has 0 aliphatic heterocycles. The lowest BCUT2D eigenvalue weighted by Crippen LogP contribution is -2.27. The highest BCUT2D eigenvalue weighted by molar-refractivity contribution is 6.04. The molecule has 2 aromatic rings. The van der Waals surface area contributed by atoms with E-state index in [1.54, 1.807) is 33.8 Å². The lowest BCUT2D eigenvalue weighted by atomic mass is 10.2. The number of amides is 2. The molecule has 2 amide bonds. The number of hydrogen-bond acceptors (Lipinski definition) is 5. The van der Waals surface area contributed by atoms with Crippen LogP contribution in [0.5, 0.6) is 0 Å². The van der Waals surface area contributed by atoms with E-state index in [1.807, 2.05) is 0 Å². The lowest BCUT2D eigenvalue weighted by molar-refractivity contribution is 0.0635. The van der Waals surface area contributed by atoms with Crippen LogP contribution in [0.4, 0.5) is 16.3 Å². The van der Waals surface area contributed by atoms with Crippen LogP contribution in [0, 0.1) is 6.92 Å². The topological polar surface area (TPSA) is 113 Å². The molecule has 0 spiro atoms. The van der Waals surface area contributed by atoms with Crippen molar-refractivity contribution in [2.45, 2.75) is 33.3 Å². The molecule has 8 nitrogen and oxygen atoms in total. The molecule has 3 N–H and O–H groups in total. The van der Waals surface area contributed by atoms with Gasteiger partial charge >= 0.3 is 6.09 Å². The van der Waals surface area contributed by atoms with E-state index in [2.05, 4.69) is 20.6 Å². The monoisotopic (exact) mass is 344 g/mol. The minimum Gasteiger partial charge on any atom is -0.444 e. The first-order chi connectivity index (χ1) is 11.6. The number of aryl methyl sites for hydroxylation is 1. The Morgan fingerprint density at radius 3 is 2.56 bits per heavy atom. The Bertz CT molecular complexity index is 852. The first kappa shape index (κ1) is 18.2. The van der Waals surface area contributed by atoms with Gasteiger partial charge in [0.1, 0.15) is 17.0 Å². The zero-order valence-electron chi connectivity index (χ0n) is 14.5. The minimum absolute atomic E-state index is 0.0101. The molecule has 0 radical (unpaired) electrons. The number of nitrogens with zero attached hydrogens (tertiary/aromatic N) is 1. The molecule has 0 aromatic carbocycles. The number of aromatic amines is 1. The molecule has 2 rings (SSSR count). The quantitative estimate of drug-likeness (QED) is 0.792. The number of hydrogen-bond donors (Lipinski definition) is 3. The van der Waals surface area contributed by atoms with Crippen molar-refractivity contribution in [2.24, 2.45) is 0 Å². The molecule has 0 fully saturated rings. The summed E-state index contributed by atoms with van der Waals surface area (Å²) in [6.45, 7) is 6.96. The van der Waals surface area contributed by atoms with Crippen LogP contribution in [-0.2, 0) is 4.74 Å². The van der Waals surface area contributed by atoms with Gasteiger partial charge in [0.25, 0.3) is 5.91 Å². The zero-order valence-corrected chi connectivity index (χ0v) is 14.5. The maximum atomic E-state index is 12.2. The van der Waals surface area contributed by atoms with Crippen molar-refractivity contribution in [1.29, 1.82) is 0 Å². The molecule has 132 valence electrons. The molecule has 0 bridgehead atoms. The number of ether oxygens (including phenoxy) is 1. The highest BCUT2D eigenvalue weighted by atomic mass is 16.6. The summed E-state index contributed by atoms with van der Waals surface area (Å²) in [5.74, 6) is -0.347. The Balaban J connectivity index is 2.09. The van der Waals surface area contributed by atoms with E-state index < -0.39 is 17.6 Å². The van der Waals surface area contributed by atoms with Gasteiger partial charge < -0.3 is 15.0 Å². The van der Waals surface area contributed by atoms with Gasteiger partial charge in [-0.05, 0) is 33.8 Å². The third kappa shape index (κ3) is 5.45. The molecule has 2 heterocycles. The largest absolute Gasteiger partial charge is 0.444 e. The van der Waals surface area contributed by atoms with Crippen molar-refractivity contribution in [3.63, 3.8) is 0 Å². The van der Waals surface area contributed by atoms with Gasteiger partial charge in [0, 0.05) is 35.9 Å². The van der Waals surface area contributed by atoms with Crippen LogP contribution in [-0.4, -0.2) is 27.6 Å². The molecule has 2 aromatic heterocycles. The standard InChI is InChI=1S/C17H20N4O4/c1-10-7-13(22)12(9-19-10)15(23)20-11-5-6-18-14(8-11)21-16(24)25-17(2,3)4/h5-9H,1-4H3,(H,19,22)(H2,18,20,21,23,24). The van der Waals surface area contributed by atoms with Gasteiger partial charge in [-0.15, -0.1) is 0 Å². The maximum absolute atomic E-state index is 12.2. The van der Waals surface area contributed by atoms with E-state index in [9.17, 15) is 14.4 Å². The second-order valence-corrected chi connectivity index (χ2v) is 6.40. The van der Waals surface area contributed by atoms with Gasteiger partial charge in [-0.2, -0.15) is 0 Å². The van der Waals surface area contributed by atoms with E-state index in [1.165, 1.54) is 24.5 Å². The fraction of sp³-hybridized carbons (Fsp3) is 0.294. The molecular formula is C17H20N4O4.